The summed E-state index contributed by atoms with van der Waals surface area (Å²) in [4.78, 5) is 22.4. The van der Waals surface area contributed by atoms with Crippen LogP contribution in [0.5, 0.6) is 0 Å². The second-order valence-corrected chi connectivity index (χ2v) is 5.04. The van der Waals surface area contributed by atoms with Crippen LogP contribution in [0.15, 0.2) is 30.5 Å². The average molecular weight is 308 g/mol. The Kier molecular flexibility index (Phi) is 4.37. The lowest BCUT2D eigenvalue weighted by atomic mass is 10.0. The number of carbonyl (C=O) groups is 1. The summed E-state index contributed by atoms with van der Waals surface area (Å²) < 4.78 is 1.22. The molecule has 1 atom stereocenters. The molecule has 2 aromatic rings. The van der Waals surface area contributed by atoms with Gasteiger partial charge in [0.15, 0.2) is 10.8 Å². The van der Waals surface area contributed by atoms with E-state index < -0.39 is 16.8 Å². The molecular formula is C14H14ClN3O3. The third-order valence-electron chi connectivity index (χ3n) is 3.27. The molecule has 0 amide bonds. The number of rotatable bonds is 5. The van der Waals surface area contributed by atoms with Gasteiger partial charge in [-0.1, -0.05) is 42.8 Å². The van der Waals surface area contributed by atoms with Crippen LogP contribution in [0, 0.1) is 10.1 Å². The van der Waals surface area contributed by atoms with Crippen molar-refractivity contribution in [1.29, 1.82) is 0 Å². The molecule has 1 aromatic carbocycles. The first kappa shape index (κ1) is 15.2. The van der Waals surface area contributed by atoms with Crippen LogP contribution < -0.4 is 0 Å². The SMILES string of the molecule is CCc1ccc(C(=O)C(C)n2cc(Cl)c([N+](=O)[O-])n2)cc1. The summed E-state index contributed by atoms with van der Waals surface area (Å²) in [5.74, 6) is -0.621. The number of carbonyl (C=O) groups excluding carboxylic acids is 1. The van der Waals surface area contributed by atoms with Crippen LogP contribution in [0.4, 0.5) is 5.82 Å². The highest BCUT2D eigenvalue weighted by molar-refractivity contribution is 6.32. The summed E-state index contributed by atoms with van der Waals surface area (Å²) >= 11 is 5.74. The number of hydrogen-bond donors (Lipinski definition) is 0. The highest BCUT2D eigenvalue weighted by Crippen LogP contribution is 2.24. The Bertz CT molecular complexity index is 679. The molecule has 0 aliphatic heterocycles. The predicted octanol–water partition coefficient (Wildman–Crippen LogP) is 3.45. The zero-order valence-corrected chi connectivity index (χ0v) is 12.4. The van der Waals surface area contributed by atoms with E-state index in [-0.39, 0.29) is 10.8 Å². The lowest BCUT2D eigenvalue weighted by Gasteiger charge is -2.08. The molecule has 0 aliphatic rings. The fourth-order valence-electron chi connectivity index (χ4n) is 1.95. The van der Waals surface area contributed by atoms with E-state index in [4.69, 9.17) is 11.6 Å². The van der Waals surface area contributed by atoms with Crippen LogP contribution in [0.3, 0.4) is 0 Å². The van der Waals surface area contributed by atoms with E-state index in [1.165, 1.54) is 10.9 Å². The van der Waals surface area contributed by atoms with Crippen LogP contribution >= 0.6 is 11.6 Å². The van der Waals surface area contributed by atoms with Crippen molar-refractivity contribution in [2.24, 2.45) is 0 Å². The van der Waals surface area contributed by atoms with Crippen molar-refractivity contribution in [3.8, 4) is 0 Å². The van der Waals surface area contributed by atoms with Crippen molar-refractivity contribution in [1.82, 2.24) is 9.78 Å². The van der Waals surface area contributed by atoms with Crippen LogP contribution in [-0.4, -0.2) is 20.5 Å². The van der Waals surface area contributed by atoms with Gasteiger partial charge in [-0.15, -0.1) is 0 Å². The predicted molar refractivity (Wildman–Crippen MR) is 78.8 cm³/mol. The number of Topliss-reactive ketones (excluding diaryl/α,β-unsaturated/α-hetero) is 1. The summed E-state index contributed by atoms with van der Waals surface area (Å²) in [6.45, 7) is 3.66. The number of aryl methyl sites for hydroxylation is 1. The van der Waals surface area contributed by atoms with Gasteiger partial charge >= 0.3 is 5.82 Å². The lowest BCUT2D eigenvalue weighted by molar-refractivity contribution is -0.389. The standard InChI is InChI=1S/C14H14ClN3O3/c1-3-10-4-6-11(7-5-10)13(19)9(2)17-8-12(15)14(16-17)18(20)21/h4-9H,3H2,1-2H3. The van der Waals surface area contributed by atoms with Crippen LogP contribution in [0.1, 0.15) is 35.8 Å². The molecule has 1 aromatic heterocycles. The maximum absolute atomic E-state index is 12.4. The molecule has 1 unspecified atom stereocenters. The van der Waals surface area contributed by atoms with Gasteiger partial charge in [0, 0.05) is 5.56 Å². The minimum atomic E-state index is -0.675. The Hall–Kier alpha value is -2.21. The minimum absolute atomic E-state index is 0.0824. The number of nitrogens with zero attached hydrogens (tertiary/aromatic N) is 3. The second-order valence-electron chi connectivity index (χ2n) is 4.63. The van der Waals surface area contributed by atoms with E-state index in [1.54, 1.807) is 19.1 Å². The third kappa shape index (κ3) is 3.11. The normalized spacial score (nSPS) is 12.1. The fourth-order valence-corrected chi connectivity index (χ4v) is 2.15. The quantitative estimate of drug-likeness (QED) is 0.481. The van der Waals surface area contributed by atoms with Gasteiger partial charge in [-0.25, -0.2) is 0 Å². The van der Waals surface area contributed by atoms with Crippen LogP contribution in [-0.2, 0) is 6.42 Å². The minimum Gasteiger partial charge on any atom is -0.358 e. The average Bonchev–Trinajstić information content (AvgIpc) is 2.88. The van der Waals surface area contributed by atoms with E-state index >= 15 is 0 Å². The topological polar surface area (TPSA) is 78.0 Å². The van der Waals surface area contributed by atoms with Gasteiger partial charge in [-0.3, -0.25) is 4.79 Å². The van der Waals surface area contributed by atoms with Gasteiger partial charge < -0.3 is 10.1 Å². The van der Waals surface area contributed by atoms with Crippen molar-refractivity contribution in [3.63, 3.8) is 0 Å². The highest BCUT2D eigenvalue weighted by Gasteiger charge is 2.26. The molecule has 0 radical (unpaired) electrons. The van der Waals surface area contributed by atoms with E-state index in [9.17, 15) is 14.9 Å². The summed E-state index contributed by atoms with van der Waals surface area (Å²) in [6, 6.07) is 6.61. The molecule has 0 saturated heterocycles. The number of hydrogen-bond acceptors (Lipinski definition) is 4. The Morgan fingerprint density at radius 3 is 2.52 bits per heavy atom. The highest BCUT2D eigenvalue weighted by atomic mass is 35.5. The molecule has 1 heterocycles. The zero-order chi connectivity index (χ0) is 15.6. The van der Waals surface area contributed by atoms with E-state index in [0.29, 0.717) is 5.56 Å². The Balaban J connectivity index is 2.25. The van der Waals surface area contributed by atoms with Gasteiger partial charge in [-0.05, 0) is 23.8 Å². The Labute approximate surface area is 126 Å². The molecule has 0 bridgehead atoms. The summed E-state index contributed by atoms with van der Waals surface area (Å²) in [7, 11) is 0. The molecule has 21 heavy (non-hydrogen) atoms. The maximum atomic E-state index is 12.4. The van der Waals surface area contributed by atoms with Crippen molar-refractivity contribution < 1.29 is 9.72 Å². The summed E-state index contributed by atoms with van der Waals surface area (Å²) in [6.07, 6.45) is 2.19. The monoisotopic (exact) mass is 307 g/mol. The van der Waals surface area contributed by atoms with Gasteiger partial charge in [0.05, 0.1) is 11.3 Å². The first-order valence-electron chi connectivity index (χ1n) is 6.46. The lowest BCUT2D eigenvalue weighted by Crippen LogP contribution is -2.17. The van der Waals surface area contributed by atoms with Gasteiger partial charge in [0.25, 0.3) is 0 Å². The van der Waals surface area contributed by atoms with Gasteiger partial charge in [0.1, 0.15) is 6.04 Å². The Morgan fingerprint density at radius 2 is 2.05 bits per heavy atom. The van der Waals surface area contributed by atoms with E-state index in [2.05, 4.69) is 5.10 Å². The van der Waals surface area contributed by atoms with Gasteiger partial charge in [0.2, 0.25) is 0 Å². The largest absolute Gasteiger partial charge is 0.408 e. The van der Waals surface area contributed by atoms with Crippen molar-refractivity contribution in [3.05, 3.63) is 56.7 Å². The number of benzene rings is 1. The molecular weight excluding hydrogens is 294 g/mol. The molecule has 6 nitrogen and oxygen atoms in total. The zero-order valence-electron chi connectivity index (χ0n) is 11.6. The molecule has 110 valence electrons. The molecule has 0 N–H and O–H groups in total. The van der Waals surface area contributed by atoms with Crippen LogP contribution in [0.25, 0.3) is 0 Å². The van der Waals surface area contributed by atoms with Gasteiger partial charge in [-0.2, -0.15) is 4.68 Å². The molecule has 7 heteroatoms. The van der Waals surface area contributed by atoms with E-state index in [0.717, 1.165) is 12.0 Å². The van der Waals surface area contributed by atoms with Crippen molar-refractivity contribution in [2.75, 3.05) is 0 Å². The molecule has 2 rings (SSSR count). The van der Waals surface area contributed by atoms with Crippen molar-refractivity contribution >= 4 is 23.2 Å². The smallest absolute Gasteiger partial charge is 0.358 e. The molecule has 0 fully saturated rings. The third-order valence-corrected chi connectivity index (χ3v) is 3.53. The van der Waals surface area contributed by atoms with E-state index in [1.807, 2.05) is 19.1 Å². The fraction of sp³-hybridized carbons (Fsp3) is 0.286. The van der Waals surface area contributed by atoms with Crippen LogP contribution in [0.2, 0.25) is 5.02 Å². The molecule has 0 aliphatic carbocycles. The number of aromatic nitrogens is 2. The number of ketones is 1. The van der Waals surface area contributed by atoms with Crippen molar-refractivity contribution in [2.45, 2.75) is 26.3 Å². The number of halogens is 1. The number of nitro groups is 1. The second kappa shape index (κ2) is 6.05. The summed E-state index contributed by atoms with van der Waals surface area (Å²) in [5.41, 5.74) is 1.67. The molecule has 0 saturated carbocycles. The summed E-state index contributed by atoms with van der Waals surface area (Å²) in [5, 5.41) is 14.4. The molecule has 0 spiro atoms. The Morgan fingerprint density at radius 1 is 1.43 bits per heavy atom. The first-order valence-corrected chi connectivity index (χ1v) is 6.84. The first-order chi connectivity index (χ1) is 9.93. The maximum Gasteiger partial charge on any atom is 0.408 e.